The summed E-state index contributed by atoms with van der Waals surface area (Å²) in [5, 5.41) is 11.7. The highest BCUT2D eigenvalue weighted by molar-refractivity contribution is 5.89. The van der Waals surface area contributed by atoms with Crippen LogP contribution in [0.25, 0.3) is 10.9 Å². The first kappa shape index (κ1) is 22.8. The van der Waals surface area contributed by atoms with Crippen LogP contribution in [0, 0.1) is 0 Å². The van der Waals surface area contributed by atoms with Gasteiger partial charge in [0.1, 0.15) is 6.61 Å². The fourth-order valence-corrected chi connectivity index (χ4v) is 4.22. The molecule has 1 aromatic heterocycles. The minimum atomic E-state index is -0.769. The van der Waals surface area contributed by atoms with Crippen LogP contribution in [0.4, 0.5) is 0 Å². The first-order valence-electron chi connectivity index (χ1n) is 11.7. The molecule has 0 radical (unpaired) electrons. The second-order valence-electron chi connectivity index (χ2n) is 8.55. The number of aliphatic hydroxyl groups excluding tert-OH is 1. The number of hydrogen-bond acceptors (Lipinski definition) is 3. The molecule has 4 heteroatoms. The molecule has 0 aliphatic carbocycles. The summed E-state index contributed by atoms with van der Waals surface area (Å²) < 4.78 is 7.57. The van der Waals surface area contributed by atoms with Gasteiger partial charge in [0.15, 0.2) is 0 Å². The first-order valence-corrected chi connectivity index (χ1v) is 11.7. The van der Waals surface area contributed by atoms with Crippen molar-refractivity contribution >= 4 is 16.9 Å². The number of esters is 1. The number of para-hydroxylation sites is 1. The highest BCUT2D eigenvalue weighted by Crippen LogP contribution is 2.24. The zero-order chi connectivity index (χ0) is 23.0. The zero-order valence-electron chi connectivity index (χ0n) is 19.1. The van der Waals surface area contributed by atoms with Crippen molar-refractivity contribution < 1.29 is 14.6 Å². The second-order valence-corrected chi connectivity index (χ2v) is 8.55. The molecule has 1 atom stereocenters. The predicted molar refractivity (Wildman–Crippen MR) is 133 cm³/mol. The lowest BCUT2D eigenvalue weighted by Crippen LogP contribution is -2.20. The summed E-state index contributed by atoms with van der Waals surface area (Å²) in [6, 6.07) is 25.9. The molecule has 0 saturated heterocycles. The molecule has 170 valence electrons. The number of aliphatic hydroxyl groups is 1. The molecule has 1 N–H and O–H groups in total. The monoisotopic (exact) mass is 441 g/mol. The van der Waals surface area contributed by atoms with Crippen LogP contribution in [-0.4, -0.2) is 28.4 Å². The number of benzene rings is 3. The van der Waals surface area contributed by atoms with Crippen LogP contribution in [0.15, 0.2) is 85.1 Å². The fraction of sp³-hybridized carbons (Fsp3) is 0.276. The van der Waals surface area contributed by atoms with E-state index in [-0.39, 0.29) is 6.61 Å². The van der Waals surface area contributed by atoms with E-state index >= 15 is 0 Å². The molecule has 0 bridgehead atoms. The van der Waals surface area contributed by atoms with Gasteiger partial charge in [-0.05, 0) is 47.7 Å². The van der Waals surface area contributed by atoms with E-state index in [0.29, 0.717) is 12.0 Å². The van der Waals surface area contributed by atoms with Crippen LogP contribution < -0.4 is 0 Å². The Morgan fingerprint density at radius 2 is 1.73 bits per heavy atom. The molecule has 4 aromatic rings. The van der Waals surface area contributed by atoms with E-state index < -0.39 is 12.1 Å². The lowest BCUT2D eigenvalue weighted by atomic mass is 10.1. The van der Waals surface area contributed by atoms with E-state index in [1.165, 1.54) is 24.0 Å². The minimum Gasteiger partial charge on any atom is -0.459 e. The smallest absolute Gasteiger partial charge is 0.338 e. The van der Waals surface area contributed by atoms with Crippen LogP contribution in [0.2, 0.25) is 0 Å². The van der Waals surface area contributed by atoms with Gasteiger partial charge in [-0.15, -0.1) is 0 Å². The molecule has 0 amide bonds. The third kappa shape index (κ3) is 5.91. The Hall–Kier alpha value is -3.37. The Balaban J connectivity index is 1.46. The number of hydrogen-bond donors (Lipinski definition) is 1. The molecule has 0 aliphatic rings. The summed E-state index contributed by atoms with van der Waals surface area (Å²) in [5.74, 6) is -0.417. The molecule has 4 nitrogen and oxygen atoms in total. The summed E-state index contributed by atoms with van der Waals surface area (Å²) in [4.78, 5) is 12.2. The van der Waals surface area contributed by atoms with E-state index in [2.05, 4.69) is 54.1 Å². The normalized spacial score (nSPS) is 12.1. The van der Waals surface area contributed by atoms with E-state index in [0.717, 1.165) is 29.4 Å². The number of ether oxygens (including phenoxy) is 1. The number of aryl methyl sites for hydroxylation is 1. The number of carbonyl (C=O) groups is 1. The molecule has 1 heterocycles. The minimum absolute atomic E-state index is 0.0350. The first-order chi connectivity index (χ1) is 16.1. The van der Waals surface area contributed by atoms with Crippen molar-refractivity contribution in [3.05, 3.63) is 107 Å². The Kier molecular flexibility index (Phi) is 7.59. The van der Waals surface area contributed by atoms with E-state index in [1.54, 1.807) is 24.3 Å². The molecule has 0 aliphatic heterocycles. The van der Waals surface area contributed by atoms with Crippen LogP contribution in [-0.2, 0) is 24.1 Å². The lowest BCUT2D eigenvalue weighted by molar-refractivity contribution is 0.0259. The highest BCUT2D eigenvalue weighted by Gasteiger charge is 2.15. The van der Waals surface area contributed by atoms with Gasteiger partial charge in [0, 0.05) is 30.1 Å². The molecule has 0 spiro atoms. The Morgan fingerprint density at radius 3 is 2.55 bits per heavy atom. The maximum absolute atomic E-state index is 12.2. The fourth-order valence-electron chi connectivity index (χ4n) is 4.22. The quantitative estimate of drug-likeness (QED) is 0.317. The van der Waals surface area contributed by atoms with Crippen molar-refractivity contribution in [3.8, 4) is 0 Å². The number of unbranched alkanes of at least 4 members (excludes halogenated alkanes) is 1. The van der Waals surface area contributed by atoms with Gasteiger partial charge in [-0.3, -0.25) is 0 Å². The van der Waals surface area contributed by atoms with Crippen LogP contribution >= 0.6 is 0 Å². The van der Waals surface area contributed by atoms with E-state index in [4.69, 9.17) is 4.74 Å². The molecular weight excluding hydrogens is 410 g/mol. The standard InChI is InChI=1S/C29H31NO3/c1-2-3-10-22-11-9-12-23(17-22)19-30-20-25(27-15-7-8-16-28(27)30)18-26(31)21-33-29(32)24-13-5-4-6-14-24/h4-9,11-17,20,26,31H,2-3,10,18-19,21H2,1H3/t26-/m0/s1. The van der Waals surface area contributed by atoms with Crippen LogP contribution in [0.3, 0.4) is 0 Å². The zero-order valence-corrected chi connectivity index (χ0v) is 19.1. The van der Waals surface area contributed by atoms with Crippen molar-refractivity contribution in [2.75, 3.05) is 6.61 Å². The maximum Gasteiger partial charge on any atom is 0.338 e. The molecule has 0 fully saturated rings. The van der Waals surface area contributed by atoms with E-state index in [9.17, 15) is 9.90 Å². The molecule has 33 heavy (non-hydrogen) atoms. The average Bonchev–Trinajstić information content (AvgIpc) is 3.19. The highest BCUT2D eigenvalue weighted by atomic mass is 16.5. The SMILES string of the molecule is CCCCc1cccc(Cn2cc(C[C@H](O)COC(=O)c3ccccc3)c3ccccc32)c1. The van der Waals surface area contributed by atoms with Gasteiger partial charge in [0.2, 0.25) is 0 Å². The predicted octanol–water partition coefficient (Wildman–Crippen LogP) is 5.79. The largest absolute Gasteiger partial charge is 0.459 e. The topological polar surface area (TPSA) is 51.5 Å². The van der Waals surface area contributed by atoms with Crippen molar-refractivity contribution in [3.63, 3.8) is 0 Å². The van der Waals surface area contributed by atoms with E-state index in [1.807, 2.05) is 18.2 Å². The number of aromatic nitrogens is 1. The number of nitrogens with zero attached hydrogens (tertiary/aromatic N) is 1. The molecular formula is C29H31NO3. The third-order valence-corrected chi connectivity index (χ3v) is 5.91. The van der Waals surface area contributed by atoms with Crippen LogP contribution in [0.1, 0.15) is 46.8 Å². The Bertz CT molecular complexity index is 1200. The third-order valence-electron chi connectivity index (χ3n) is 5.91. The second kappa shape index (κ2) is 11.0. The average molecular weight is 442 g/mol. The van der Waals surface area contributed by atoms with Crippen LogP contribution in [0.5, 0.6) is 0 Å². The molecule has 0 unspecified atom stereocenters. The Labute approximate surface area is 195 Å². The van der Waals surface area contributed by atoms with Gasteiger partial charge in [-0.25, -0.2) is 4.79 Å². The number of rotatable bonds is 10. The Morgan fingerprint density at radius 1 is 0.970 bits per heavy atom. The summed E-state index contributed by atoms with van der Waals surface area (Å²) >= 11 is 0. The van der Waals surface area contributed by atoms with Gasteiger partial charge < -0.3 is 14.4 Å². The summed E-state index contributed by atoms with van der Waals surface area (Å²) in [5.41, 5.74) is 5.33. The summed E-state index contributed by atoms with van der Waals surface area (Å²) in [6.45, 7) is 2.96. The number of carbonyl (C=O) groups excluding carboxylic acids is 1. The van der Waals surface area contributed by atoms with Gasteiger partial charge >= 0.3 is 5.97 Å². The lowest BCUT2D eigenvalue weighted by Gasteiger charge is -2.11. The molecule has 4 rings (SSSR count). The van der Waals surface area contributed by atoms with Gasteiger partial charge in [-0.1, -0.05) is 74.0 Å². The van der Waals surface area contributed by atoms with Crippen molar-refractivity contribution in [2.45, 2.75) is 45.3 Å². The van der Waals surface area contributed by atoms with Gasteiger partial charge in [0.25, 0.3) is 0 Å². The van der Waals surface area contributed by atoms with Gasteiger partial charge in [-0.2, -0.15) is 0 Å². The maximum atomic E-state index is 12.2. The van der Waals surface area contributed by atoms with Crippen molar-refractivity contribution in [1.82, 2.24) is 4.57 Å². The number of fused-ring (bicyclic) bond motifs is 1. The molecule has 0 saturated carbocycles. The summed E-state index contributed by atoms with van der Waals surface area (Å²) in [6.07, 6.45) is 5.27. The summed E-state index contributed by atoms with van der Waals surface area (Å²) in [7, 11) is 0. The van der Waals surface area contributed by atoms with Gasteiger partial charge in [0.05, 0.1) is 11.7 Å². The van der Waals surface area contributed by atoms with Crippen molar-refractivity contribution in [2.24, 2.45) is 0 Å². The molecule has 3 aromatic carbocycles. The van der Waals surface area contributed by atoms with Crippen molar-refractivity contribution in [1.29, 1.82) is 0 Å².